The average Bonchev–Trinajstić information content (AvgIpc) is 3.38. The SMILES string of the molecule is CCC1COC(=O)N1c1nc(C)nc(N[C@@H](C)c2ccc3c(-c4ccccc4)cn(C)c3c2)n1. The quantitative estimate of drug-likeness (QED) is 0.427. The van der Waals surface area contributed by atoms with E-state index in [1.165, 1.54) is 21.4 Å². The molecule has 5 rings (SSSR count). The van der Waals surface area contributed by atoms with E-state index in [2.05, 4.69) is 87.5 Å². The first-order valence-corrected chi connectivity index (χ1v) is 11.5. The molecule has 2 aromatic heterocycles. The standard InChI is InChI=1S/C26H28N6O2/c1-5-20-15-34-26(33)32(20)25-29-17(3)28-24(30-25)27-16(2)19-11-12-21-22(14-31(4)23(21)13-19)18-9-7-6-8-10-18/h6-14,16,20H,5,15H2,1-4H3,(H,27,28,29,30)/t16-,20?/m0/s1. The topological polar surface area (TPSA) is 85.2 Å². The highest BCUT2D eigenvalue weighted by molar-refractivity contribution is 5.96. The van der Waals surface area contributed by atoms with Crippen molar-refractivity contribution in [2.24, 2.45) is 7.05 Å². The van der Waals surface area contributed by atoms with Gasteiger partial charge >= 0.3 is 6.09 Å². The second kappa shape index (κ2) is 8.78. The minimum Gasteiger partial charge on any atom is -0.447 e. The number of aromatic nitrogens is 4. The fourth-order valence-corrected chi connectivity index (χ4v) is 4.44. The lowest BCUT2D eigenvalue weighted by Crippen LogP contribution is -2.34. The molecule has 1 fully saturated rings. The van der Waals surface area contributed by atoms with Crippen molar-refractivity contribution >= 4 is 28.9 Å². The summed E-state index contributed by atoms with van der Waals surface area (Å²) in [6.07, 6.45) is 2.51. The van der Waals surface area contributed by atoms with Crippen molar-refractivity contribution < 1.29 is 9.53 Å². The van der Waals surface area contributed by atoms with Gasteiger partial charge in [0.2, 0.25) is 11.9 Å². The van der Waals surface area contributed by atoms with Gasteiger partial charge in [-0.25, -0.2) is 9.69 Å². The lowest BCUT2D eigenvalue weighted by Gasteiger charge is -2.20. The molecule has 1 aliphatic rings. The smallest absolute Gasteiger partial charge is 0.417 e. The Kier molecular flexibility index (Phi) is 5.65. The van der Waals surface area contributed by atoms with Crippen molar-refractivity contribution in [1.82, 2.24) is 19.5 Å². The molecule has 8 nitrogen and oxygen atoms in total. The summed E-state index contributed by atoms with van der Waals surface area (Å²) in [5.74, 6) is 1.29. The molecule has 174 valence electrons. The van der Waals surface area contributed by atoms with Gasteiger partial charge in [-0.15, -0.1) is 0 Å². The minimum absolute atomic E-state index is 0.0540. The Hall–Kier alpha value is -3.94. The van der Waals surface area contributed by atoms with Crippen LogP contribution in [0.15, 0.2) is 54.7 Å². The molecule has 0 radical (unpaired) electrons. The molecule has 8 heteroatoms. The highest BCUT2D eigenvalue weighted by Crippen LogP contribution is 2.32. The van der Waals surface area contributed by atoms with Gasteiger partial charge in [0.15, 0.2) is 0 Å². The monoisotopic (exact) mass is 456 g/mol. The molecule has 4 aromatic rings. The highest BCUT2D eigenvalue weighted by atomic mass is 16.6. The minimum atomic E-state index is -0.417. The van der Waals surface area contributed by atoms with Crippen LogP contribution in [0.5, 0.6) is 0 Å². The third-order valence-electron chi connectivity index (χ3n) is 6.33. The number of hydrogen-bond donors (Lipinski definition) is 1. The van der Waals surface area contributed by atoms with Crippen LogP contribution in [-0.2, 0) is 11.8 Å². The predicted octanol–water partition coefficient (Wildman–Crippen LogP) is 5.25. The predicted molar refractivity (Wildman–Crippen MR) is 133 cm³/mol. The van der Waals surface area contributed by atoms with Gasteiger partial charge in [-0.2, -0.15) is 15.0 Å². The molecule has 1 N–H and O–H groups in total. The van der Waals surface area contributed by atoms with Gasteiger partial charge in [0.25, 0.3) is 0 Å². The van der Waals surface area contributed by atoms with E-state index in [9.17, 15) is 4.79 Å². The summed E-state index contributed by atoms with van der Waals surface area (Å²) in [5.41, 5.74) is 4.68. The van der Waals surface area contributed by atoms with E-state index in [0.717, 1.165) is 17.5 Å². The lowest BCUT2D eigenvalue weighted by molar-refractivity contribution is 0.178. The number of carbonyl (C=O) groups is 1. The molecule has 0 spiro atoms. The second-order valence-electron chi connectivity index (χ2n) is 8.68. The number of amides is 1. The van der Waals surface area contributed by atoms with Crippen molar-refractivity contribution in [1.29, 1.82) is 0 Å². The Labute approximate surface area is 198 Å². The molecule has 34 heavy (non-hydrogen) atoms. The summed E-state index contributed by atoms with van der Waals surface area (Å²) >= 11 is 0. The van der Waals surface area contributed by atoms with Crippen LogP contribution in [0.3, 0.4) is 0 Å². The number of carbonyl (C=O) groups excluding carboxylic acids is 1. The summed E-state index contributed by atoms with van der Waals surface area (Å²) < 4.78 is 7.36. The molecule has 1 aliphatic heterocycles. The van der Waals surface area contributed by atoms with Crippen LogP contribution >= 0.6 is 0 Å². The second-order valence-corrected chi connectivity index (χ2v) is 8.68. The molecule has 1 amide bonds. The third kappa shape index (κ3) is 3.96. The Bertz CT molecular complexity index is 1350. The Balaban J connectivity index is 1.43. The maximum absolute atomic E-state index is 12.3. The maximum Gasteiger partial charge on any atom is 0.417 e. The Morgan fingerprint density at radius 3 is 2.71 bits per heavy atom. The largest absolute Gasteiger partial charge is 0.447 e. The van der Waals surface area contributed by atoms with E-state index in [1.54, 1.807) is 6.92 Å². The first-order chi connectivity index (χ1) is 16.4. The number of fused-ring (bicyclic) bond motifs is 1. The summed E-state index contributed by atoms with van der Waals surface area (Å²) in [4.78, 5) is 27.2. The van der Waals surface area contributed by atoms with Gasteiger partial charge in [-0.05, 0) is 37.5 Å². The van der Waals surface area contributed by atoms with Gasteiger partial charge in [0.05, 0.1) is 12.1 Å². The van der Waals surface area contributed by atoms with Crippen LogP contribution < -0.4 is 10.2 Å². The molecule has 0 bridgehead atoms. The molecular weight excluding hydrogens is 428 g/mol. The molecule has 1 unspecified atom stereocenters. The molecule has 2 atom stereocenters. The number of aryl methyl sites for hydroxylation is 2. The van der Waals surface area contributed by atoms with Gasteiger partial charge in [0.1, 0.15) is 12.4 Å². The van der Waals surface area contributed by atoms with E-state index in [0.29, 0.717) is 24.3 Å². The van der Waals surface area contributed by atoms with Crippen LogP contribution in [0.1, 0.15) is 37.7 Å². The number of nitrogens with zero attached hydrogens (tertiary/aromatic N) is 5. The van der Waals surface area contributed by atoms with Crippen molar-refractivity contribution in [3.05, 3.63) is 66.1 Å². The first-order valence-electron chi connectivity index (χ1n) is 11.5. The zero-order valence-corrected chi connectivity index (χ0v) is 19.8. The van der Waals surface area contributed by atoms with Crippen LogP contribution in [0.4, 0.5) is 16.7 Å². The van der Waals surface area contributed by atoms with Crippen LogP contribution in [0, 0.1) is 6.92 Å². The van der Waals surface area contributed by atoms with Crippen LogP contribution in [-0.4, -0.2) is 38.3 Å². The van der Waals surface area contributed by atoms with Gasteiger partial charge in [-0.3, -0.25) is 0 Å². The van der Waals surface area contributed by atoms with Crippen LogP contribution in [0.25, 0.3) is 22.0 Å². The number of cyclic esters (lactones) is 1. The summed E-state index contributed by atoms with van der Waals surface area (Å²) in [7, 11) is 2.07. The fourth-order valence-electron chi connectivity index (χ4n) is 4.44. The molecule has 1 saturated heterocycles. The normalized spacial score (nSPS) is 16.6. The van der Waals surface area contributed by atoms with E-state index < -0.39 is 6.09 Å². The summed E-state index contributed by atoms with van der Waals surface area (Å²) in [6, 6.07) is 16.8. The van der Waals surface area contributed by atoms with Crippen LogP contribution in [0.2, 0.25) is 0 Å². The van der Waals surface area contributed by atoms with Crippen molar-refractivity contribution in [2.75, 3.05) is 16.8 Å². The summed E-state index contributed by atoms with van der Waals surface area (Å²) in [6.45, 7) is 6.23. The van der Waals surface area contributed by atoms with Gasteiger partial charge in [0, 0.05) is 29.7 Å². The molecule has 2 aromatic carbocycles. The van der Waals surface area contributed by atoms with Gasteiger partial charge < -0.3 is 14.6 Å². The molecule has 3 heterocycles. The highest BCUT2D eigenvalue weighted by Gasteiger charge is 2.35. The van der Waals surface area contributed by atoms with E-state index in [1.807, 2.05) is 13.0 Å². The van der Waals surface area contributed by atoms with E-state index in [-0.39, 0.29) is 12.1 Å². The van der Waals surface area contributed by atoms with Crippen molar-refractivity contribution in [3.63, 3.8) is 0 Å². The Morgan fingerprint density at radius 2 is 1.94 bits per heavy atom. The molecule has 0 aliphatic carbocycles. The Morgan fingerprint density at radius 1 is 1.15 bits per heavy atom. The zero-order valence-electron chi connectivity index (χ0n) is 19.8. The van der Waals surface area contributed by atoms with Gasteiger partial charge in [-0.1, -0.05) is 49.4 Å². The average molecular weight is 457 g/mol. The number of hydrogen-bond acceptors (Lipinski definition) is 6. The van der Waals surface area contributed by atoms with Crippen molar-refractivity contribution in [3.8, 4) is 11.1 Å². The maximum atomic E-state index is 12.3. The number of anilines is 2. The van der Waals surface area contributed by atoms with E-state index in [4.69, 9.17) is 4.74 Å². The number of ether oxygens (including phenoxy) is 1. The molecular formula is C26H28N6O2. The lowest BCUT2D eigenvalue weighted by atomic mass is 10.0. The fraction of sp³-hybridized carbons (Fsp3) is 0.308. The number of nitrogens with one attached hydrogen (secondary N) is 1. The molecule has 0 saturated carbocycles. The van der Waals surface area contributed by atoms with Crippen molar-refractivity contribution in [2.45, 2.75) is 39.3 Å². The first kappa shape index (κ1) is 21.9. The zero-order chi connectivity index (χ0) is 23.8. The van der Waals surface area contributed by atoms with E-state index >= 15 is 0 Å². The third-order valence-corrected chi connectivity index (χ3v) is 6.33. The summed E-state index contributed by atoms with van der Waals surface area (Å²) in [5, 5.41) is 4.59. The number of benzene rings is 2. The number of rotatable bonds is 6.